The lowest BCUT2D eigenvalue weighted by Gasteiger charge is -2.41. The number of nitrogens with one attached hydrogen (secondary N) is 2. The van der Waals surface area contributed by atoms with Crippen molar-refractivity contribution < 1.29 is 9.59 Å². The second-order valence-corrected chi connectivity index (χ2v) is 6.69. The predicted octanol–water partition coefficient (Wildman–Crippen LogP) is 0.739. The van der Waals surface area contributed by atoms with Crippen molar-refractivity contribution in [3.63, 3.8) is 0 Å². The summed E-state index contributed by atoms with van der Waals surface area (Å²) in [4.78, 5) is 26.6. The Bertz CT molecular complexity index is 585. The van der Waals surface area contributed by atoms with E-state index in [2.05, 4.69) is 15.7 Å². The minimum Gasteiger partial charge on any atom is -0.357 e. The topological polar surface area (TPSA) is 79.3 Å². The van der Waals surface area contributed by atoms with Gasteiger partial charge in [0.25, 0.3) is 0 Å². The number of hydrogen-bond acceptors (Lipinski definition) is 4. The van der Waals surface area contributed by atoms with Crippen molar-refractivity contribution in [3.8, 4) is 0 Å². The first kappa shape index (κ1) is 15.8. The number of piperidine rings is 1. The molecule has 1 saturated carbocycles. The van der Waals surface area contributed by atoms with E-state index in [1.807, 2.05) is 24.2 Å². The molecule has 1 aromatic heterocycles. The number of carbonyl (C=O) groups excluding carboxylic acids is 2. The quantitative estimate of drug-likeness (QED) is 0.839. The molecule has 2 N–H and O–H groups in total. The molecule has 1 aliphatic carbocycles. The van der Waals surface area contributed by atoms with Gasteiger partial charge >= 0.3 is 0 Å². The monoisotopic (exact) mass is 319 g/mol. The SMILES string of the molecule is CNC(=O)C1(Nc2ccn(C)n2)CCN(C(=O)CC2CC2)CC1. The van der Waals surface area contributed by atoms with Gasteiger partial charge < -0.3 is 15.5 Å². The summed E-state index contributed by atoms with van der Waals surface area (Å²) in [6.07, 6.45) is 6.07. The van der Waals surface area contributed by atoms with Gasteiger partial charge in [0.15, 0.2) is 0 Å². The van der Waals surface area contributed by atoms with Gasteiger partial charge in [-0.05, 0) is 31.6 Å². The Kier molecular flexibility index (Phi) is 4.28. The maximum absolute atomic E-state index is 12.5. The highest BCUT2D eigenvalue weighted by molar-refractivity contribution is 5.89. The Morgan fingerprint density at radius 2 is 2.04 bits per heavy atom. The van der Waals surface area contributed by atoms with Crippen molar-refractivity contribution >= 4 is 17.6 Å². The number of likely N-dealkylation sites (N-methyl/N-ethyl adjacent to an activating group) is 1. The molecule has 2 fully saturated rings. The highest BCUT2D eigenvalue weighted by Crippen LogP contribution is 2.34. The van der Waals surface area contributed by atoms with Gasteiger partial charge in [0.05, 0.1) is 0 Å². The lowest BCUT2D eigenvalue weighted by atomic mass is 9.86. The van der Waals surface area contributed by atoms with Crippen LogP contribution < -0.4 is 10.6 Å². The van der Waals surface area contributed by atoms with Gasteiger partial charge in [-0.15, -0.1) is 0 Å². The minimum absolute atomic E-state index is 0.0440. The molecule has 1 aliphatic heterocycles. The van der Waals surface area contributed by atoms with Crippen molar-refractivity contribution in [1.29, 1.82) is 0 Å². The standard InChI is InChI=1S/C16H25N5O2/c1-17-15(23)16(18-13-5-8-20(2)19-13)6-9-21(10-7-16)14(22)11-12-3-4-12/h5,8,12H,3-4,6-7,9-11H2,1-2H3,(H,17,23)(H,18,19). The van der Waals surface area contributed by atoms with Crippen LogP contribution in [0, 0.1) is 5.92 Å². The maximum Gasteiger partial charge on any atom is 0.245 e. The molecule has 0 atom stereocenters. The lowest BCUT2D eigenvalue weighted by molar-refractivity contribution is -0.136. The van der Waals surface area contributed by atoms with E-state index in [0.29, 0.717) is 44.1 Å². The molecular formula is C16H25N5O2. The zero-order valence-corrected chi connectivity index (χ0v) is 13.8. The van der Waals surface area contributed by atoms with Crippen LogP contribution in [0.15, 0.2) is 12.3 Å². The smallest absolute Gasteiger partial charge is 0.245 e. The van der Waals surface area contributed by atoms with Crippen molar-refractivity contribution in [1.82, 2.24) is 20.0 Å². The van der Waals surface area contributed by atoms with Crippen LogP contribution >= 0.6 is 0 Å². The molecule has 0 bridgehead atoms. The van der Waals surface area contributed by atoms with Crippen molar-refractivity contribution in [2.45, 2.75) is 37.6 Å². The fraction of sp³-hybridized carbons (Fsp3) is 0.688. The van der Waals surface area contributed by atoms with Gasteiger partial charge in [-0.2, -0.15) is 5.10 Å². The predicted molar refractivity (Wildman–Crippen MR) is 86.8 cm³/mol. The largest absolute Gasteiger partial charge is 0.357 e. The number of rotatable bonds is 5. The second kappa shape index (κ2) is 6.22. The summed E-state index contributed by atoms with van der Waals surface area (Å²) in [6, 6.07) is 1.86. The maximum atomic E-state index is 12.5. The third-order valence-electron chi connectivity index (χ3n) is 4.87. The molecule has 1 saturated heterocycles. The van der Waals surface area contributed by atoms with Crippen LogP contribution in [0.1, 0.15) is 32.1 Å². The normalized spacial score (nSPS) is 20.2. The summed E-state index contributed by atoms with van der Waals surface area (Å²) < 4.78 is 1.70. The molecule has 0 spiro atoms. The number of nitrogens with zero attached hydrogens (tertiary/aromatic N) is 3. The van der Waals surface area contributed by atoms with Gasteiger partial charge in [-0.25, -0.2) is 0 Å². The van der Waals surface area contributed by atoms with Crippen molar-refractivity contribution in [2.75, 3.05) is 25.5 Å². The third kappa shape index (κ3) is 3.48. The molecule has 2 amide bonds. The van der Waals surface area contributed by atoms with Crippen LogP contribution in [0.4, 0.5) is 5.82 Å². The summed E-state index contributed by atoms with van der Waals surface area (Å²) in [7, 11) is 3.49. The minimum atomic E-state index is -0.695. The molecule has 0 radical (unpaired) electrons. The fourth-order valence-electron chi connectivity index (χ4n) is 3.21. The molecule has 1 aromatic rings. The Hall–Kier alpha value is -2.05. The summed E-state index contributed by atoms with van der Waals surface area (Å²) in [5.41, 5.74) is -0.695. The van der Waals surface area contributed by atoms with E-state index in [4.69, 9.17) is 0 Å². The number of carbonyl (C=O) groups is 2. The van der Waals surface area contributed by atoms with E-state index >= 15 is 0 Å². The van der Waals surface area contributed by atoms with E-state index in [-0.39, 0.29) is 11.8 Å². The van der Waals surface area contributed by atoms with Gasteiger partial charge in [0.2, 0.25) is 11.8 Å². The summed E-state index contributed by atoms with van der Waals surface area (Å²) >= 11 is 0. The van der Waals surface area contributed by atoms with Crippen LogP contribution in [-0.2, 0) is 16.6 Å². The Morgan fingerprint density at radius 1 is 1.35 bits per heavy atom. The van der Waals surface area contributed by atoms with Crippen LogP contribution in [-0.4, -0.2) is 52.2 Å². The summed E-state index contributed by atoms with van der Waals surface area (Å²) in [6.45, 7) is 1.22. The first-order valence-corrected chi connectivity index (χ1v) is 8.30. The Balaban J connectivity index is 1.66. The summed E-state index contributed by atoms with van der Waals surface area (Å²) in [5, 5.41) is 10.4. The molecule has 3 rings (SSSR count). The van der Waals surface area contributed by atoms with Crippen LogP contribution in [0.5, 0.6) is 0 Å². The highest BCUT2D eigenvalue weighted by atomic mass is 16.2. The van der Waals surface area contributed by atoms with E-state index in [0.717, 1.165) is 0 Å². The number of hydrogen-bond donors (Lipinski definition) is 2. The Labute approximate surface area is 136 Å². The van der Waals surface area contributed by atoms with Crippen LogP contribution in [0.3, 0.4) is 0 Å². The van der Waals surface area contributed by atoms with E-state index in [1.165, 1.54) is 12.8 Å². The Morgan fingerprint density at radius 3 is 2.57 bits per heavy atom. The van der Waals surface area contributed by atoms with Crippen molar-refractivity contribution in [3.05, 3.63) is 12.3 Å². The molecular weight excluding hydrogens is 294 g/mol. The lowest BCUT2D eigenvalue weighted by Crippen LogP contribution is -2.58. The van der Waals surface area contributed by atoms with Gasteiger partial charge in [-0.3, -0.25) is 14.3 Å². The molecule has 7 nitrogen and oxygen atoms in total. The van der Waals surface area contributed by atoms with Gasteiger partial charge in [-0.1, -0.05) is 0 Å². The second-order valence-electron chi connectivity index (χ2n) is 6.69. The van der Waals surface area contributed by atoms with Gasteiger partial charge in [0.1, 0.15) is 11.4 Å². The molecule has 0 unspecified atom stereocenters. The average Bonchev–Trinajstić information content (AvgIpc) is 3.27. The van der Waals surface area contributed by atoms with E-state index in [1.54, 1.807) is 11.7 Å². The van der Waals surface area contributed by atoms with Gasteiger partial charge in [0, 0.05) is 45.9 Å². The molecule has 7 heteroatoms. The molecule has 23 heavy (non-hydrogen) atoms. The van der Waals surface area contributed by atoms with E-state index in [9.17, 15) is 9.59 Å². The number of aromatic nitrogens is 2. The van der Waals surface area contributed by atoms with Crippen molar-refractivity contribution in [2.24, 2.45) is 13.0 Å². The number of amides is 2. The van der Waals surface area contributed by atoms with Crippen LogP contribution in [0.2, 0.25) is 0 Å². The summed E-state index contributed by atoms with van der Waals surface area (Å²) in [5.74, 6) is 1.47. The third-order valence-corrected chi connectivity index (χ3v) is 4.87. The van der Waals surface area contributed by atoms with Crippen LogP contribution in [0.25, 0.3) is 0 Å². The zero-order valence-electron chi connectivity index (χ0n) is 13.8. The highest BCUT2D eigenvalue weighted by Gasteiger charge is 2.42. The number of aryl methyl sites for hydroxylation is 1. The molecule has 2 aliphatic rings. The molecule has 2 heterocycles. The first-order valence-electron chi connectivity index (χ1n) is 8.30. The number of likely N-dealkylation sites (tertiary alicyclic amines) is 1. The fourth-order valence-corrected chi connectivity index (χ4v) is 3.21. The zero-order chi connectivity index (χ0) is 16.4. The molecule has 0 aromatic carbocycles. The molecule has 126 valence electrons. The number of anilines is 1. The first-order chi connectivity index (χ1) is 11.0. The van der Waals surface area contributed by atoms with E-state index < -0.39 is 5.54 Å². The average molecular weight is 319 g/mol.